The average molecular weight is 784 g/mol. The molecule has 1 amide bonds. The van der Waals surface area contributed by atoms with Crippen LogP contribution in [-0.2, 0) is 38.0 Å². The lowest BCUT2D eigenvalue weighted by molar-refractivity contribution is -0.145. The van der Waals surface area contributed by atoms with E-state index in [1.54, 1.807) is 0 Å². The molecule has 10 heteroatoms. The summed E-state index contributed by atoms with van der Waals surface area (Å²) < 4.78 is 38.5. The van der Waals surface area contributed by atoms with Gasteiger partial charge >= 0.3 is 12.1 Å². The summed E-state index contributed by atoms with van der Waals surface area (Å²) >= 11 is 0. The van der Waals surface area contributed by atoms with Gasteiger partial charge in [-0.05, 0) is 35.1 Å². The molecule has 1 aliphatic carbocycles. The lowest BCUT2D eigenvalue weighted by Gasteiger charge is -2.14. The van der Waals surface area contributed by atoms with Crippen LogP contribution in [0.4, 0.5) is 4.79 Å². The number of fused-ring (bicyclic) bond motifs is 3. The van der Waals surface area contributed by atoms with Gasteiger partial charge in [-0.15, -0.1) is 0 Å². The number of carbonyl (C=O) groups excluding carboxylic acids is 2. The molecule has 316 valence electrons. The Morgan fingerprint density at radius 3 is 1.38 bits per heavy atom. The number of rotatable bonds is 37. The molecule has 1 N–H and O–H groups in total. The van der Waals surface area contributed by atoms with Gasteiger partial charge in [-0.25, -0.2) is 4.79 Å². The van der Waals surface area contributed by atoms with Crippen molar-refractivity contribution in [2.45, 2.75) is 122 Å². The minimum absolute atomic E-state index is 0.0510. The maximum absolute atomic E-state index is 12.3. The molecule has 0 heterocycles. The van der Waals surface area contributed by atoms with Gasteiger partial charge in [0.05, 0.1) is 59.5 Å². The molecule has 0 aliphatic heterocycles. The minimum atomic E-state index is -0.413. The summed E-state index contributed by atoms with van der Waals surface area (Å²) in [6.07, 6.45) is 20.5. The molecule has 0 spiro atoms. The van der Waals surface area contributed by atoms with Gasteiger partial charge in [-0.3, -0.25) is 4.79 Å². The van der Waals surface area contributed by atoms with E-state index >= 15 is 0 Å². The molecule has 10 nitrogen and oxygen atoms in total. The van der Waals surface area contributed by atoms with Crippen LogP contribution >= 0.6 is 0 Å². The molecule has 1 aliphatic rings. The van der Waals surface area contributed by atoms with Gasteiger partial charge in [0, 0.05) is 25.5 Å². The highest BCUT2D eigenvalue weighted by molar-refractivity contribution is 5.79. The molecular formula is C46H73NO9. The van der Waals surface area contributed by atoms with E-state index in [1.807, 2.05) is 24.3 Å². The number of hydrogen-bond donors (Lipinski definition) is 1. The lowest BCUT2D eigenvalue weighted by Crippen LogP contribution is -2.27. The number of benzene rings is 2. The standard InChI is InChI=1S/C46H73NO9/c1-2-3-4-5-6-7-8-9-10-11-12-13-14-15-16-26-45(48)55-38-37-54-36-35-53-34-33-52-32-31-51-30-29-50-28-21-27-47-46(49)56-39-44-42-24-19-17-22-40(42)41-23-18-20-25-43(41)44/h17-20,22-25,44H,2-16,21,26-39H2,1H3,(H,47,49). The maximum atomic E-state index is 12.3. The number of alkyl carbamates (subject to hydrolysis) is 1. The third-order valence-corrected chi connectivity index (χ3v) is 10.0. The van der Waals surface area contributed by atoms with Gasteiger partial charge in [0.1, 0.15) is 13.2 Å². The Balaban J connectivity index is 0.960. The molecule has 0 radical (unpaired) electrons. The molecule has 56 heavy (non-hydrogen) atoms. The zero-order valence-corrected chi connectivity index (χ0v) is 34.6. The highest BCUT2D eigenvalue weighted by atomic mass is 16.6. The van der Waals surface area contributed by atoms with Crippen molar-refractivity contribution in [1.82, 2.24) is 5.32 Å². The van der Waals surface area contributed by atoms with Crippen LogP contribution in [-0.4, -0.2) is 97.9 Å². The summed E-state index contributed by atoms with van der Waals surface area (Å²) in [5, 5.41) is 2.81. The Morgan fingerprint density at radius 1 is 0.482 bits per heavy atom. The number of unbranched alkanes of at least 4 members (excludes halogenated alkanes) is 14. The van der Waals surface area contributed by atoms with E-state index in [9.17, 15) is 9.59 Å². The number of carbonyl (C=O) groups is 2. The molecule has 0 fully saturated rings. The zero-order valence-electron chi connectivity index (χ0n) is 34.6. The van der Waals surface area contributed by atoms with Crippen LogP contribution in [0.3, 0.4) is 0 Å². The number of ether oxygens (including phenoxy) is 7. The summed E-state index contributed by atoms with van der Waals surface area (Å²) in [6, 6.07) is 16.6. The second-order valence-electron chi connectivity index (χ2n) is 14.6. The Labute approximate surface area is 338 Å². The highest BCUT2D eigenvalue weighted by Gasteiger charge is 2.28. The van der Waals surface area contributed by atoms with Gasteiger partial charge < -0.3 is 38.5 Å². The second-order valence-corrected chi connectivity index (χ2v) is 14.6. The minimum Gasteiger partial charge on any atom is -0.463 e. The van der Waals surface area contributed by atoms with Gasteiger partial charge in [0.2, 0.25) is 0 Å². The van der Waals surface area contributed by atoms with E-state index in [0.717, 1.165) is 12.8 Å². The fourth-order valence-corrected chi connectivity index (χ4v) is 6.92. The van der Waals surface area contributed by atoms with E-state index < -0.39 is 6.09 Å². The molecule has 0 saturated carbocycles. The fraction of sp³-hybridized carbons (Fsp3) is 0.696. The zero-order chi connectivity index (χ0) is 39.6. The van der Waals surface area contributed by atoms with Crippen LogP contribution in [0.15, 0.2) is 48.5 Å². The van der Waals surface area contributed by atoms with E-state index in [-0.39, 0.29) is 18.5 Å². The molecule has 0 unspecified atom stereocenters. The van der Waals surface area contributed by atoms with Gasteiger partial charge in [-0.1, -0.05) is 145 Å². The van der Waals surface area contributed by atoms with Crippen LogP contribution in [0.25, 0.3) is 11.1 Å². The van der Waals surface area contributed by atoms with Crippen LogP contribution in [0.1, 0.15) is 133 Å². The van der Waals surface area contributed by atoms with Crippen LogP contribution in [0.5, 0.6) is 0 Å². The third-order valence-electron chi connectivity index (χ3n) is 10.0. The van der Waals surface area contributed by atoms with Crippen molar-refractivity contribution in [2.24, 2.45) is 0 Å². The number of nitrogens with one attached hydrogen (secondary N) is 1. The van der Waals surface area contributed by atoms with Gasteiger partial charge in [0.15, 0.2) is 0 Å². The Bertz CT molecular complexity index is 1230. The van der Waals surface area contributed by atoms with E-state index in [0.29, 0.717) is 92.1 Å². The molecule has 0 bridgehead atoms. The summed E-state index contributed by atoms with van der Waals surface area (Å²) in [4.78, 5) is 24.2. The summed E-state index contributed by atoms with van der Waals surface area (Å²) in [6.45, 7) is 8.03. The Hall–Kier alpha value is -3.02. The topological polar surface area (TPSA) is 111 Å². The fourth-order valence-electron chi connectivity index (χ4n) is 6.92. The van der Waals surface area contributed by atoms with Crippen molar-refractivity contribution in [1.29, 1.82) is 0 Å². The molecule has 3 rings (SSSR count). The first-order valence-electron chi connectivity index (χ1n) is 21.8. The van der Waals surface area contributed by atoms with Crippen LogP contribution in [0, 0.1) is 0 Å². The number of hydrogen-bond acceptors (Lipinski definition) is 9. The quantitative estimate of drug-likeness (QED) is 0.0529. The predicted octanol–water partition coefficient (Wildman–Crippen LogP) is 9.80. The molecule has 0 aromatic heterocycles. The average Bonchev–Trinajstić information content (AvgIpc) is 3.54. The summed E-state index contributed by atoms with van der Waals surface area (Å²) in [5.74, 6) is -0.0823. The first kappa shape index (κ1) is 47.4. The van der Waals surface area contributed by atoms with Crippen LogP contribution in [0.2, 0.25) is 0 Å². The second kappa shape index (κ2) is 33.0. The first-order chi connectivity index (χ1) is 27.7. The summed E-state index contributed by atoms with van der Waals surface area (Å²) in [5.41, 5.74) is 4.82. The van der Waals surface area contributed by atoms with Crippen molar-refractivity contribution >= 4 is 12.1 Å². The monoisotopic (exact) mass is 784 g/mol. The summed E-state index contributed by atoms with van der Waals surface area (Å²) in [7, 11) is 0. The van der Waals surface area contributed by atoms with Crippen molar-refractivity contribution in [3.8, 4) is 11.1 Å². The van der Waals surface area contributed by atoms with Gasteiger partial charge in [-0.2, -0.15) is 0 Å². The maximum Gasteiger partial charge on any atom is 0.407 e. The molecule has 0 saturated heterocycles. The molecule has 0 atom stereocenters. The van der Waals surface area contributed by atoms with E-state index in [2.05, 4.69) is 36.5 Å². The third kappa shape index (κ3) is 22.1. The van der Waals surface area contributed by atoms with Crippen molar-refractivity contribution in [3.05, 3.63) is 59.7 Å². The number of esters is 1. The lowest BCUT2D eigenvalue weighted by atomic mass is 9.98. The molecular weight excluding hydrogens is 711 g/mol. The number of amides is 1. The highest BCUT2D eigenvalue weighted by Crippen LogP contribution is 2.44. The largest absolute Gasteiger partial charge is 0.463 e. The predicted molar refractivity (Wildman–Crippen MR) is 222 cm³/mol. The van der Waals surface area contributed by atoms with Crippen molar-refractivity contribution < 1.29 is 42.7 Å². The van der Waals surface area contributed by atoms with Crippen molar-refractivity contribution in [2.75, 3.05) is 85.8 Å². The molecule has 2 aromatic carbocycles. The smallest absolute Gasteiger partial charge is 0.407 e. The SMILES string of the molecule is CCCCCCCCCCCCCCCCCC(=O)OCCOCCOCCOCCOCCOCCCNC(=O)OCC1c2ccccc2-c2ccccc21. The molecule has 2 aromatic rings. The first-order valence-corrected chi connectivity index (χ1v) is 21.8. The van der Waals surface area contributed by atoms with Crippen molar-refractivity contribution in [3.63, 3.8) is 0 Å². The van der Waals surface area contributed by atoms with Crippen LogP contribution < -0.4 is 5.32 Å². The van der Waals surface area contributed by atoms with E-state index in [4.69, 9.17) is 33.2 Å². The normalized spacial score (nSPS) is 12.1. The van der Waals surface area contributed by atoms with E-state index in [1.165, 1.54) is 106 Å². The van der Waals surface area contributed by atoms with Gasteiger partial charge in [0.25, 0.3) is 0 Å². The Morgan fingerprint density at radius 2 is 0.893 bits per heavy atom. The Kier molecular flexibility index (Phi) is 27.9.